The van der Waals surface area contributed by atoms with Crippen LogP contribution in [0.5, 0.6) is 0 Å². The third-order valence-electron chi connectivity index (χ3n) is 3.27. The summed E-state index contributed by atoms with van der Waals surface area (Å²) < 4.78 is 3.06. The van der Waals surface area contributed by atoms with Crippen molar-refractivity contribution in [1.82, 2.24) is 14.8 Å². The summed E-state index contributed by atoms with van der Waals surface area (Å²) in [4.78, 5) is 4.57. The van der Waals surface area contributed by atoms with Crippen molar-refractivity contribution in [2.24, 2.45) is 5.73 Å². The van der Waals surface area contributed by atoms with Crippen LogP contribution in [0.1, 0.15) is 36.1 Å². The molecule has 18 heavy (non-hydrogen) atoms. The predicted octanol–water partition coefficient (Wildman–Crippen LogP) is 2.43. The lowest BCUT2D eigenvalue weighted by molar-refractivity contribution is 0.421. The second-order valence-corrected chi connectivity index (χ2v) is 5.48. The van der Waals surface area contributed by atoms with Crippen molar-refractivity contribution in [2.75, 3.05) is 0 Å². The minimum atomic E-state index is 0.0409. The van der Waals surface area contributed by atoms with E-state index in [2.05, 4.69) is 32.1 Å². The molecular formula is C13H15BrN4. The van der Waals surface area contributed by atoms with Crippen LogP contribution in [0.3, 0.4) is 0 Å². The fourth-order valence-electron chi connectivity index (χ4n) is 2.32. The SMILES string of the molecule is NC1CCCn2nc(Cc3ccccc3Br)nc21. The average Bonchev–Trinajstić information content (AvgIpc) is 2.76. The molecule has 2 heterocycles. The first-order chi connectivity index (χ1) is 8.74. The van der Waals surface area contributed by atoms with Crippen LogP contribution in [0, 0.1) is 0 Å². The summed E-state index contributed by atoms with van der Waals surface area (Å²) in [7, 11) is 0. The molecule has 1 aliphatic rings. The number of hydrogen-bond donors (Lipinski definition) is 1. The first kappa shape index (κ1) is 11.9. The zero-order valence-electron chi connectivity index (χ0n) is 10.0. The van der Waals surface area contributed by atoms with E-state index in [0.29, 0.717) is 0 Å². The van der Waals surface area contributed by atoms with Crippen molar-refractivity contribution < 1.29 is 0 Å². The Labute approximate surface area is 114 Å². The quantitative estimate of drug-likeness (QED) is 0.927. The lowest BCUT2D eigenvalue weighted by Crippen LogP contribution is -2.22. The Morgan fingerprint density at radius 1 is 1.39 bits per heavy atom. The van der Waals surface area contributed by atoms with Crippen LogP contribution in [0.15, 0.2) is 28.7 Å². The maximum atomic E-state index is 6.05. The Morgan fingerprint density at radius 2 is 2.22 bits per heavy atom. The highest BCUT2D eigenvalue weighted by Crippen LogP contribution is 2.23. The van der Waals surface area contributed by atoms with Crippen LogP contribution < -0.4 is 5.73 Å². The summed E-state index contributed by atoms with van der Waals surface area (Å²) >= 11 is 3.55. The number of hydrogen-bond acceptors (Lipinski definition) is 3. The Morgan fingerprint density at radius 3 is 3.00 bits per heavy atom. The highest BCUT2D eigenvalue weighted by Gasteiger charge is 2.21. The van der Waals surface area contributed by atoms with Crippen molar-refractivity contribution in [3.63, 3.8) is 0 Å². The van der Waals surface area contributed by atoms with Gasteiger partial charge in [-0.25, -0.2) is 9.67 Å². The zero-order chi connectivity index (χ0) is 12.5. The van der Waals surface area contributed by atoms with Gasteiger partial charge in [0.25, 0.3) is 0 Å². The van der Waals surface area contributed by atoms with Crippen molar-refractivity contribution in [1.29, 1.82) is 0 Å². The van der Waals surface area contributed by atoms with E-state index in [1.165, 1.54) is 5.56 Å². The predicted molar refractivity (Wildman–Crippen MR) is 73.1 cm³/mol. The summed E-state index contributed by atoms with van der Waals surface area (Å²) in [6.07, 6.45) is 2.84. The number of rotatable bonds is 2. The van der Waals surface area contributed by atoms with Crippen LogP contribution in [0.2, 0.25) is 0 Å². The van der Waals surface area contributed by atoms with Gasteiger partial charge in [-0.15, -0.1) is 0 Å². The second-order valence-electron chi connectivity index (χ2n) is 4.63. The van der Waals surface area contributed by atoms with Gasteiger partial charge in [-0.3, -0.25) is 0 Å². The van der Waals surface area contributed by atoms with Gasteiger partial charge in [0.05, 0.1) is 6.04 Å². The molecule has 4 nitrogen and oxygen atoms in total. The van der Waals surface area contributed by atoms with E-state index >= 15 is 0 Å². The van der Waals surface area contributed by atoms with E-state index in [1.54, 1.807) is 0 Å². The van der Waals surface area contributed by atoms with Gasteiger partial charge in [-0.2, -0.15) is 5.10 Å². The summed E-state index contributed by atoms with van der Waals surface area (Å²) in [5.41, 5.74) is 7.25. The number of aryl methyl sites for hydroxylation is 1. The number of nitrogens with two attached hydrogens (primary N) is 1. The highest BCUT2D eigenvalue weighted by atomic mass is 79.9. The molecule has 2 N–H and O–H groups in total. The Balaban J connectivity index is 1.88. The average molecular weight is 307 g/mol. The van der Waals surface area contributed by atoms with E-state index in [9.17, 15) is 0 Å². The first-order valence-electron chi connectivity index (χ1n) is 6.16. The monoisotopic (exact) mass is 306 g/mol. The number of fused-ring (bicyclic) bond motifs is 1. The molecular weight excluding hydrogens is 292 g/mol. The molecule has 1 aromatic heterocycles. The number of nitrogens with zero attached hydrogens (tertiary/aromatic N) is 3. The van der Waals surface area contributed by atoms with Crippen LogP contribution in [0.4, 0.5) is 0 Å². The van der Waals surface area contributed by atoms with Gasteiger partial charge in [0.2, 0.25) is 0 Å². The van der Waals surface area contributed by atoms with Crippen LogP contribution in [0.25, 0.3) is 0 Å². The molecule has 0 aliphatic carbocycles. The topological polar surface area (TPSA) is 56.7 Å². The molecule has 0 amide bonds. The minimum absolute atomic E-state index is 0.0409. The maximum absolute atomic E-state index is 6.05. The van der Waals surface area contributed by atoms with Crippen LogP contribution >= 0.6 is 15.9 Å². The molecule has 0 fully saturated rings. The summed E-state index contributed by atoms with van der Waals surface area (Å²) in [6, 6.07) is 8.21. The summed E-state index contributed by atoms with van der Waals surface area (Å²) in [6.45, 7) is 0.937. The largest absolute Gasteiger partial charge is 0.321 e. The number of aromatic nitrogens is 3. The van der Waals surface area contributed by atoms with Gasteiger partial charge >= 0.3 is 0 Å². The van der Waals surface area contributed by atoms with E-state index in [1.807, 2.05) is 22.9 Å². The Kier molecular flexibility index (Phi) is 3.18. The number of benzene rings is 1. The van der Waals surface area contributed by atoms with Crippen LogP contribution in [-0.2, 0) is 13.0 Å². The minimum Gasteiger partial charge on any atom is -0.321 e. The standard InChI is InChI=1S/C13H15BrN4/c14-10-5-2-1-4-9(10)8-12-16-13-11(15)6-3-7-18(13)17-12/h1-2,4-5,11H,3,6-8,15H2. The molecule has 94 valence electrons. The third-order valence-corrected chi connectivity index (χ3v) is 4.04. The van der Waals surface area contributed by atoms with E-state index in [4.69, 9.17) is 5.73 Å². The summed E-state index contributed by atoms with van der Waals surface area (Å²) in [5, 5.41) is 4.54. The van der Waals surface area contributed by atoms with Crippen LogP contribution in [-0.4, -0.2) is 14.8 Å². The molecule has 0 radical (unpaired) electrons. The van der Waals surface area contributed by atoms with E-state index in [-0.39, 0.29) is 6.04 Å². The Bertz CT molecular complexity index is 564. The molecule has 5 heteroatoms. The molecule has 0 spiro atoms. The zero-order valence-corrected chi connectivity index (χ0v) is 11.6. The van der Waals surface area contributed by atoms with Gasteiger partial charge in [0.15, 0.2) is 5.82 Å². The molecule has 1 atom stereocenters. The van der Waals surface area contributed by atoms with Gasteiger partial charge in [0.1, 0.15) is 5.82 Å². The van der Waals surface area contributed by atoms with Gasteiger partial charge in [-0.05, 0) is 24.5 Å². The first-order valence-corrected chi connectivity index (χ1v) is 6.96. The molecule has 1 aliphatic heterocycles. The molecule has 2 aromatic rings. The third kappa shape index (κ3) is 2.20. The molecule has 0 saturated carbocycles. The van der Waals surface area contributed by atoms with E-state index < -0.39 is 0 Å². The second kappa shape index (κ2) is 4.82. The van der Waals surface area contributed by atoms with Crippen molar-refractivity contribution in [3.8, 4) is 0 Å². The molecule has 1 aromatic carbocycles. The highest BCUT2D eigenvalue weighted by molar-refractivity contribution is 9.10. The lowest BCUT2D eigenvalue weighted by Gasteiger charge is -2.17. The normalized spacial score (nSPS) is 18.7. The van der Waals surface area contributed by atoms with E-state index in [0.717, 1.165) is 41.9 Å². The van der Waals surface area contributed by atoms with Gasteiger partial charge in [-0.1, -0.05) is 34.1 Å². The molecule has 1 unspecified atom stereocenters. The van der Waals surface area contributed by atoms with Crippen molar-refractivity contribution in [3.05, 3.63) is 46.0 Å². The van der Waals surface area contributed by atoms with Gasteiger partial charge < -0.3 is 5.73 Å². The molecule has 3 rings (SSSR count). The smallest absolute Gasteiger partial charge is 0.155 e. The van der Waals surface area contributed by atoms with Gasteiger partial charge in [0, 0.05) is 17.4 Å². The fraction of sp³-hybridized carbons (Fsp3) is 0.385. The molecule has 0 bridgehead atoms. The Hall–Kier alpha value is -1.20. The number of halogens is 1. The fourth-order valence-corrected chi connectivity index (χ4v) is 2.74. The lowest BCUT2D eigenvalue weighted by atomic mass is 10.1. The molecule has 0 saturated heterocycles. The summed E-state index contributed by atoms with van der Waals surface area (Å²) in [5.74, 6) is 1.79. The van der Waals surface area contributed by atoms with Crippen molar-refractivity contribution in [2.45, 2.75) is 31.8 Å². The maximum Gasteiger partial charge on any atom is 0.155 e. The van der Waals surface area contributed by atoms with Crippen molar-refractivity contribution >= 4 is 15.9 Å².